The minimum absolute atomic E-state index is 0. The fraction of sp³-hybridized carbons (Fsp3) is 0. The van der Waals surface area contributed by atoms with Crippen LogP contribution in [0.3, 0.4) is 0 Å². The summed E-state index contributed by atoms with van der Waals surface area (Å²) in [6, 6.07) is 0. The van der Waals surface area contributed by atoms with E-state index in [1.54, 1.807) is 0 Å². The van der Waals surface area contributed by atoms with Gasteiger partial charge < -0.3 is 0 Å². The van der Waals surface area contributed by atoms with E-state index in [-0.39, 0.29) is 52.3 Å². The van der Waals surface area contributed by atoms with E-state index >= 15 is 0 Å². The summed E-state index contributed by atoms with van der Waals surface area (Å²) < 4.78 is 7.45. The van der Waals surface area contributed by atoms with E-state index in [9.17, 15) is 4.79 Å². The minimum Gasteiger partial charge on any atom is 0 e. The molecule has 0 unspecified atom stereocenters. The second-order valence-corrected chi connectivity index (χ2v) is 1.26. The van der Waals surface area contributed by atoms with Gasteiger partial charge >= 0.3 is 41.2 Å². The summed E-state index contributed by atoms with van der Waals surface area (Å²) in [7, 11) is 0. The zero-order valence-electron chi connectivity index (χ0n) is 3.59. The molecule has 0 aromatic rings. The fourth-order valence-electron chi connectivity index (χ4n) is 0.0289. The van der Waals surface area contributed by atoms with E-state index in [2.05, 4.69) is 6.58 Å². The molecule has 0 aliphatic carbocycles. The Kier molecular flexibility index (Phi) is 21.9. The Hall–Kier alpha value is 1.05. The van der Waals surface area contributed by atoms with Crippen LogP contribution in [0.25, 0.3) is 0 Å². The van der Waals surface area contributed by atoms with E-state index in [0.717, 1.165) is 6.08 Å². The predicted molar refractivity (Wildman–Crippen MR) is 17.4 cm³/mol. The third-order valence-electron chi connectivity index (χ3n) is 0.218. The Labute approximate surface area is 78.4 Å². The van der Waals surface area contributed by atoms with Crippen molar-refractivity contribution in [3.05, 3.63) is 12.7 Å². The van der Waals surface area contributed by atoms with E-state index in [1.807, 2.05) is 0 Å². The molecule has 0 aromatic carbocycles. The first-order valence-corrected chi connectivity index (χ1v) is 2.14. The van der Waals surface area contributed by atoms with Crippen LogP contribution in [-0.4, -0.2) is 9.00 Å². The summed E-state index contributed by atoms with van der Waals surface area (Å²) in [6.45, 7) is 3.11. The van der Waals surface area contributed by atoms with Crippen LogP contribution in [-0.2, 0) is 57.1 Å². The molecule has 0 aromatic heterocycles. The predicted octanol–water partition coefficient (Wildman–Crippen LogP) is -0.316. The van der Waals surface area contributed by atoms with Gasteiger partial charge in [-0.05, 0) is 0 Å². The summed E-state index contributed by atoms with van der Waals surface area (Å²) >= 11 is 0.0191. The Morgan fingerprint density at radius 2 is 2.12 bits per heavy atom. The SMILES string of the molecule is C=C[C](=O)[Ni][OH].[Ni].[Pt]. The van der Waals surface area contributed by atoms with Crippen LogP contribution in [0.15, 0.2) is 12.7 Å². The number of hydrogen-bond donors (Lipinski definition) is 1. The second kappa shape index (κ2) is 10.9. The zero-order chi connectivity index (χ0) is 4.99. The molecule has 5 heteroatoms. The largest absolute Gasteiger partial charge is 0 e. The molecular formula is C3H4Ni2O2Pt. The Bertz CT molecular complexity index is 75.7. The number of allylic oxidation sites excluding steroid dienone is 1. The molecule has 0 atom stereocenters. The van der Waals surface area contributed by atoms with Crippen molar-refractivity contribution < 1.29 is 61.4 Å². The van der Waals surface area contributed by atoms with E-state index in [0.29, 0.717) is 0 Å². The van der Waals surface area contributed by atoms with Crippen molar-refractivity contribution in [1.29, 1.82) is 0 Å². The topological polar surface area (TPSA) is 37.3 Å². The standard InChI is InChI=1S/C3H3O.2Ni.H2O.Pt/c1-2-3-4;;;;/h2H,1H2;;;1H2;/q;;+1;;/p-1. The van der Waals surface area contributed by atoms with Crippen molar-refractivity contribution in [2.45, 2.75) is 0 Å². The number of rotatable bonds is 2. The van der Waals surface area contributed by atoms with Crippen LogP contribution < -0.4 is 0 Å². The minimum atomic E-state index is -0.400. The van der Waals surface area contributed by atoms with Crippen LogP contribution in [0.5, 0.6) is 0 Å². The van der Waals surface area contributed by atoms with Gasteiger partial charge in [0.15, 0.2) is 0 Å². The third-order valence-corrected chi connectivity index (χ3v) is 0.637. The van der Waals surface area contributed by atoms with Crippen LogP contribution >= 0.6 is 0 Å². The maximum atomic E-state index is 9.78. The molecule has 0 amide bonds. The average Bonchev–Trinajstić information content (AvgIpc) is 1.65. The van der Waals surface area contributed by atoms with Gasteiger partial charge in [-0.2, -0.15) is 0 Å². The summed E-state index contributed by atoms with van der Waals surface area (Å²) in [5.41, 5.74) is 0. The molecule has 0 fully saturated rings. The molecule has 58 valence electrons. The van der Waals surface area contributed by atoms with Crippen LogP contribution in [0.1, 0.15) is 0 Å². The molecule has 2 nitrogen and oxygen atoms in total. The van der Waals surface area contributed by atoms with Crippen molar-refractivity contribution in [3.8, 4) is 0 Å². The van der Waals surface area contributed by atoms with Gasteiger partial charge in [0.05, 0.1) is 0 Å². The van der Waals surface area contributed by atoms with Gasteiger partial charge in [0.25, 0.3) is 0 Å². The van der Waals surface area contributed by atoms with E-state index in [1.165, 1.54) is 0 Å². The van der Waals surface area contributed by atoms with Crippen molar-refractivity contribution in [3.63, 3.8) is 0 Å². The molecule has 0 saturated heterocycles. The summed E-state index contributed by atoms with van der Waals surface area (Å²) in [5, 5.41) is 0. The molecular weight excluding hydrogens is 380 g/mol. The van der Waals surface area contributed by atoms with Crippen molar-refractivity contribution in [2.75, 3.05) is 0 Å². The van der Waals surface area contributed by atoms with Crippen molar-refractivity contribution >= 4 is 4.75 Å². The molecule has 0 spiro atoms. The zero-order valence-corrected chi connectivity index (χ0v) is 7.84. The molecule has 0 aliphatic heterocycles. The molecule has 1 N–H and O–H groups in total. The first kappa shape index (κ1) is 16.0. The first-order chi connectivity index (χ1) is 2.81. The molecule has 0 heterocycles. The van der Waals surface area contributed by atoms with Gasteiger partial charge in [0.2, 0.25) is 0 Å². The maximum Gasteiger partial charge on any atom is 0 e. The second-order valence-electron chi connectivity index (χ2n) is 0.549. The fourth-order valence-corrected chi connectivity index (χ4v) is 0.119. The third kappa shape index (κ3) is 10.1. The molecule has 0 aliphatic rings. The average molecular weight is 385 g/mol. The monoisotopic (exact) mass is 383 g/mol. The maximum absolute atomic E-state index is 9.78. The number of carbonyl (C=O) groups is 1. The summed E-state index contributed by atoms with van der Waals surface area (Å²) in [4.78, 5) is 9.78. The van der Waals surface area contributed by atoms with Crippen LogP contribution in [0, 0.1) is 0 Å². The molecule has 0 saturated carbocycles. The van der Waals surface area contributed by atoms with Crippen LogP contribution in [0.2, 0.25) is 0 Å². The molecule has 0 radical (unpaired) electrons. The number of carbonyl (C=O) groups excluding carboxylic acids is 1. The van der Waals surface area contributed by atoms with Crippen molar-refractivity contribution in [2.24, 2.45) is 0 Å². The van der Waals surface area contributed by atoms with Gasteiger partial charge in [0, 0.05) is 37.6 Å². The van der Waals surface area contributed by atoms with Gasteiger partial charge in [-0.15, -0.1) is 0 Å². The van der Waals surface area contributed by atoms with Crippen molar-refractivity contribution in [1.82, 2.24) is 0 Å². The molecule has 8 heavy (non-hydrogen) atoms. The Morgan fingerprint density at radius 3 is 2.12 bits per heavy atom. The van der Waals surface area contributed by atoms with Gasteiger partial charge in [-0.25, -0.2) is 0 Å². The summed E-state index contributed by atoms with van der Waals surface area (Å²) in [5.74, 6) is 0. The Balaban J connectivity index is -0.000000125. The first-order valence-electron chi connectivity index (χ1n) is 1.20. The van der Waals surface area contributed by atoms with E-state index < -0.39 is 4.75 Å². The summed E-state index contributed by atoms with van der Waals surface area (Å²) in [6.07, 6.45) is 1.06. The Morgan fingerprint density at radius 1 is 1.75 bits per heavy atom. The van der Waals surface area contributed by atoms with E-state index in [4.69, 9.17) is 4.25 Å². The number of hydrogen-bond acceptors (Lipinski definition) is 2. The molecule has 0 rings (SSSR count). The van der Waals surface area contributed by atoms with Crippen LogP contribution in [0.4, 0.5) is 0 Å². The quantitative estimate of drug-likeness (QED) is 0.524. The smallest absolute Gasteiger partial charge is 0 e. The normalized spacial score (nSPS) is 6.12. The van der Waals surface area contributed by atoms with Gasteiger partial charge in [-0.1, -0.05) is 0 Å². The van der Waals surface area contributed by atoms with Gasteiger partial charge in [-0.3, -0.25) is 0 Å². The van der Waals surface area contributed by atoms with Gasteiger partial charge in [0.1, 0.15) is 0 Å². The molecule has 0 bridgehead atoms.